The SMILES string of the molecule is C=C1CC(c2ccc(N3CCOCC3)cc2)(c2ccsc2)NC(=O)C1Sc1ccccc1C. The molecule has 3 heterocycles. The first kappa shape index (κ1) is 22.3. The van der Waals surface area contributed by atoms with Gasteiger partial charge in [0.1, 0.15) is 5.25 Å². The van der Waals surface area contributed by atoms with E-state index in [1.54, 1.807) is 23.1 Å². The van der Waals surface area contributed by atoms with Gasteiger partial charge in [-0.3, -0.25) is 4.79 Å². The van der Waals surface area contributed by atoms with Crippen LogP contribution in [0.25, 0.3) is 0 Å². The molecule has 2 fully saturated rings. The molecule has 170 valence electrons. The maximum absolute atomic E-state index is 13.5. The lowest BCUT2D eigenvalue weighted by atomic mass is 9.76. The molecule has 2 saturated heterocycles. The lowest BCUT2D eigenvalue weighted by Crippen LogP contribution is -2.54. The summed E-state index contributed by atoms with van der Waals surface area (Å²) in [5.74, 6) is 0.0166. The number of amides is 1. The van der Waals surface area contributed by atoms with Gasteiger partial charge in [-0.25, -0.2) is 0 Å². The van der Waals surface area contributed by atoms with Crippen LogP contribution in [0.15, 0.2) is 82.4 Å². The van der Waals surface area contributed by atoms with Gasteiger partial charge in [-0.1, -0.05) is 42.5 Å². The molecule has 3 aromatic rings. The lowest BCUT2D eigenvalue weighted by Gasteiger charge is -2.42. The van der Waals surface area contributed by atoms with Crippen molar-refractivity contribution in [2.45, 2.75) is 29.0 Å². The van der Waals surface area contributed by atoms with Gasteiger partial charge in [-0.15, -0.1) is 11.8 Å². The summed E-state index contributed by atoms with van der Waals surface area (Å²) in [7, 11) is 0. The largest absolute Gasteiger partial charge is 0.378 e. The molecular formula is C27H28N2O2S2. The topological polar surface area (TPSA) is 41.6 Å². The molecule has 5 rings (SSSR count). The van der Waals surface area contributed by atoms with E-state index in [0.717, 1.165) is 47.9 Å². The molecule has 0 bridgehead atoms. The average Bonchev–Trinajstić information content (AvgIpc) is 3.39. The van der Waals surface area contributed by atoms with Crippen molar-refractivity contribution < 1.29 is 9.53 Å². The Bertz CT molecular complexity index is 1120. The Balaban J connectivity index is 1.45. The highest BCUT2D eigenvalue weighted by Gasteiger charge is 2.44. The Labute approximate surface area is 203 Å². The minimum absolute atomic E-state index is 0.0166. The van der Waals surface area contributed by atoms with E-state index in [2.05, 4.69) is 76.9 Å². The van der Waals surface area contributed by atoms with Crippen molar-refractivity contribution in [2.24, 2.45) is 0 Å². The standard InChI is InChI=1S/C27H28N2O2S2/c1-19-5-3-4-6-24(19)33-25-20(2)17-27(28-26(25)30,22-11-16-32-18-22)21-7-9-23(10-8-21)29-12-14-31-15-13-29/h3-11,16,18,25H,2,12-15,17H2,1H3,(H,28,30). The number of ether oxygens (including phenoxy) is 1. The van der Waals surface area contributed by atoms with Gasteiger partial charge in [0, 0.05) is 30.1 Å². The van der Waals surface area contributed by atoms with E-state index in [4.69, 9.17) is 4.74 Å². The van der Waals surface area contributed by atoms with Gasteiger partial charge in [0.15, 0.2) is 0 Å². The summed E-state index contributed by atoms with van der Waals surface area (Å²) in [5, 5.41) is 7.33. The lowest BCUT2D eigenvalue weighted by molar-refractivity contribution is -0.122. The molecule has 33 heavy (non-hydrogen) atoms. The number of piperidine rings is 1. The number of hydrogen-bond acceptors (Lipinski definition) is 5. The zero-order chi connectivity index (χ0) is 22.8. The number of rotatable bonds is 5. The monoisotopic (exact) mass is 476 g/mol. The second-order valence-electron chi connectivity index (χ2n) is 8.65. The number of carbonyl (C=O) groups is 1. The molecule has 1 aromatic heterocycles. The third-order valence-corrected chi connectivity index (χ3v) is 8.70. The van der Waals surface area contributed by atoms with Gasteiger partial charge in [0.2, 0.25) is 5.91 Å². The molecule has 1 N–H and O–H groups in total. The van der Waals surface area contributed by atoms with Crippen molar-refractivity contribution in [3.63, 3.8) is 0 Å². The Morgan fingerprint density at radius 2 is 1.85 bits per heavy atom. The molecule has 2 aromatic carbocycles. The molecule has 2 aliphatic heterocycles. The van der Waals surface area contributed by atoms with E-state index in [1.165, 1.54) is 11.3 Å². The van der Waals surface area contributed by atoms with Crippen LogP contribution in [-0.4, -0.2) is 37.5 Å². The van der Waals surface area contributed by atoms with Crippen LogP contribution in [-0.2, 0) is 15.1 Å². The average molecular weight is 477 g/mol. The first-order valence-corrected chi connectivity index (χ1v) is 13.1. The number of anilines is 1. The van der Waals surface area contributed by atoms with Gasteiger partial charge >= 0.3 is 0 Å². The third kappa shape index (κ3) is 4.35. The predicted molar refractivity (Wildman–Crippen MR) is 137 cm³/mol. The molecular weight excluding hydrogens is 448 g/mol. The normalized spacial score (nSPS) is 23.4. The van der Waals surface area contributed by atoms with Crippen molar-refractivity contribution in [2.75, 3.05) is 31.2 Å². The van der Waals surface area contributed by atoms with E-state index in [0.29, 0.717) is 6.42 Å². The summed E-state index contributed by atoms with van der Waals surface area (Å²) < 4.78 is 5.49. The maximum atomic E-state index is 13.5. The van der Waals surface area contributed by atoms with Crippen LogP contribution < -0.4 is 10.2 Å². The molecule has 0 spiro atoms. The van der Waals surface area contributed by atoms with Crippen LogP contribution in [0.1, 0.15) is 23.1 Å². The van der Waals surface area contributed by atoms with Crippen LogP contribution in [0.4, 0.5) is 5.69 Å². The van der Waals surface area contributed by atoms with Crippen LogP contribution in [0.2, 0.25) is 0 Å². The fourth-order valence-corrected chi connectivity index (χ4v) is 6.50. The summed E-state index contributed by atoms with van der Waals surface area (Å²) in [4.78, 5) is 17.0. The van der Waals surface area contributed by atoms with Crippen LogP contribution in [0, 0.1) is 6.92 Å². The summed E-state index contributed by atoms with van der Waals surface area (Å²) in [6.45, 7) is 9.80. The number of benzene rings is 2. The molecule has 0 aliphatic carbocycles. The van der Waals surface area contributed by atoms with Crippen molar-refractivity contribution in [3.05, 3.63) is 94.2 Å². The number of hydrogen-bond donors (Lipinski definition) is 1. The number of carbonyl (C=O) groups excluding carboxylic acids is 1. The molecule has 0 radical (unpaired) electrons. The summed E-state index contributed by atoms with van der Waals surface area (Å²) >= 11 is 3.25. The smallest absolute Gasteiger partial charge is 0.238 e. The molecule has 4 nitrogen and oxygen atoms in total. The van der Waals surface area contributed by atoms with Gasteiger partial charge in [-0.05, 0) is 58.6 Å². The zero-order valence-corrected chi connectivity index (χ0v) is 20.4. The first-order valence-electron chi connectivity index (χ1n) is 11.2. The zero-order valence-electron chi connectivity index (χ0n) is 18.8. The van der Waals surface area contributed by atoms with Crippen molar-refractivity contribution in [3.8, 4) is 0 Å². The number of aryl methyl sites for hydroxylation is 1. The Morgan fingerprint density at radius 3 is 2.52 bits per heavy atom. The number of thiophene rings is 1. The minimum Gasteiger partial charge on any atom is -0.378 e. The van der Waals surface area contributed by atoms with E-state index in [-0.39, 0.29) is 11.2 Å². The molecule has 0 saturated carbocycles. The van der Waals surface area contributed by atoms with E-state index < -0.39 is 5.54 Å². The summed E-state index contributed by atoms with van der Waals surface area (Å²) in [6.07, 6.45) is 0.677. The minimum atomic E-state index is -0.597. The maximum Gasteiger partial charge on any atom is 0.238 e. The van der Waals surface area contributed by atoms with E-state index in [9.17, 15) is 4.79 Å². The second-order valence-corrected chi connectivity index (χ2v) is 10.6. The number of morpholine rings is 1. The van der Waals surface area contributed by atoms with Gasteiger partial charge in [0.25, 0.3) is 0 Å². The van der Waals surface area contributed by atoms with Crippen LogP contribution >= 0.6 is 23.1 Å². The van der Waals surface area contributed by atoms with Crippen molar-refractivity contribution >= 4 is 34.7 Å². The van der Waals surface area contributed by atoms with Crippen LogP contribution in [0.5, 0.6) is 0 Å². The number of thioether (sulfide) groups is 1. The Morgan fingerprint density at radius 1 is 1.09 bits per heavy atom. The number of nitrogens with zero attached hydrogens (tertiary/aromatic N) is 1. The summed E-state index contributed by atoms with van der Waals surface area (Å²) in [6, 6.07) is 19.0. The van der Waals surface area contributed by atoms with Crippen molar-refractivity contribution in [1.82, 2.24) is 5.32 Å². The third-order valence-electron chi connectivity index (χ3n) is 6.53. The molecule has 2 unspecified atom stereocenters. The van der Waals surface area contributed by atoms with Gasteiger partial charge in [-0.2, -0.15) is 11.3 Å². The molecule has 6 heteroatoms. The predicted octanol–water partition coefficient (Wildman–Crippen LogP) is 5.37. The first-order chi connectivity index (χ1) is 16.1. The quantitative estimate of drug-likeness (QED) is 0.503. The Hall–Kier alpha value is -2.54. The van der Waals surface area contributed by atoms with Gasteiger partial charge < -0.3 is 15.0 Å². The fourth-order valence-electron chi connectivity index (χ4n) is 4.69. The highest BCUT2D eigenvalue weighted by Crippen LogP contribution is 2.44. The molecule has 2 aliphatic rings. The molecule has 2 atom stereocenters. The highest BCUT2D eigenvalue weighted by molar-refractivity contribution is 8.00. The number of nitrogens with one attached hydrogen (secondary N) is 1. The second kappa shape index (κ2) is 9.37. The fraction of sp³-hybridized carbons (Fsp3) is 0.296. The van der Waals surface area contributed by atoms with Gasteiger partial charge in [0.05, 0.1) is 18.8 Å². The van der Waals surface area contributed by atoms with Crippen LogP contribution in [0.3, 0.4) is 0 Å². The summed E-state index contributed by atoms with van der Waals surface area (Å²) in [5.41, 5.74) is 4.93. The molecule has 1 amide bonds. The van der Waals surface area contributed by atoms with E-state index in [1.807, 2.05) is 12.1 Å². The highest BCUT2D eigenvalue weighted by atomic mass is 32.2. The van der Waals surface area contributed by atoms with Crippen molar-refractivity contribution in [1.29, 1.82) is 0 Å². The Kier molecular flexibility index (Phi) is 6.32. The van der Waals surface area contributed by atoms with E-state index >= 15 is 0 Å².